The number of carbonyl (C=O) groups is 4. The van der Waals surface area contributed by atoms with Crippen molar-refractivity contribution in [3.8, 4) is 0 Å². The van der Waals surface area contributed by atoms with Gasteiger partial charge in [0.1, 0.15) is 6.04 Å². The van der Waals surface area contributed by atoms with E-state index in [1.807, 2.05) is 4.90 Å². The number of nitrogens with zero attached hydrogens (tertiary/aromatic N) is 1. The van der Waals surface area contributed by atoms with Crippen molar-refractivity contribution in [2.45, 2.75) is 31.9 Å². The Morgan fingerprint density at radius 3 is 2.30 bits per heavy atom. The van der Waals surface area contributed by atoms with E-state index in [1.165, 1.54) is 26.0 Å². The molecule has 0 spiro atoms. The highest BCUT2D eigenvalue weighted by molar-refractivity contribution is 6.42. The molecule has 2 aromatic rings. The van der Waals surface area contributed by atoms with Gasteiger partial charge in [-0.3, -0.25) is 24.1 Å². The van der Waals surface area contributed by atoms with Crippen molar-refractivity contribution in [3.63, 3.8) is 0 Å². The number of hydrogen-bond donors (Lipinski definition) is 3. The molecule has 0 radical (unpaired) electrons. The van der Waals surface area contributed by atoms with Crippen LogP contribution in [0.3, 0.4) is 0 Å². The number of morpholine rings is 1. The van der Waals surface area contributed by atoms with Crippen LogP contribution in [0.25, 0.3) is 6.08 Å². The number of alkyl halides is 2. The van der Waals surface area contributed by atoms with Crippen molar-refractivity contribution in [1.29, 1.82) is 0 Å². The van der Waals surface area contributed by atoms with Crippen LogP contribution >= 0.6 is 23.2 Å². The maximum atomic E-state index is 15.0. The second kappa shape index (κ2) is 15.9. The highest BCUT2D eigenvalue weighted by Gasteiger charge is 2.51. The fourth-order valence-corrected chi connectivity index (χ4v) is 4.57. The number of rotatable bonds is 13. The number of Topliss-reactive ketones (excluding diaryl/α,β-unsaturated/α-hetero) is 1. The van der Waals surface area contributed by atoms with Gasteiger partial charge in [-0.05, 0) is 35.3 Å². The van der Waals surface area contributed by atoms with E-state index in [4.69, 9.17) is 27.9 Å². The lowest BCUT2D eigenvalue weighted by Gasteiger charge is -2.28. The summed E-state index contributed by atoms with van der Waals surface area (Å²) in [6.07, 6.45) is 2.62. The molecule has 13 heteroatoms. The standard InChI is InChI=1S/C30H34Cl2F2N4O5/c1-19(2)25(27(40)30(33,34)29(42)35-12-13-38-14-16-43-17-15-38)37-28(41)26(21-6-4-3-5-7-21)36-24(39)11-9-20-8-10-22(31)23(32)18-20/h3-11,18-19,25-26H,12-17H2,1-2H3,(H,35,42)(H,36,39)(H,37,41)/b11-9+/t25-,26-/m0/s1. The first-order valence-corrected chi connectivity index (χ1v) is 14.4. The monoisotopic (exact) mass is 638 g/mol. The maximum absolute atomic E-state index is 15.0. The zero-order valence-electron chi connectivity index (χ0n) is 23.7. The Bertz CT molecular complexity index is 1320. The van der Waals surface area contributed by atoms with Crippen LogP contribution in [0.1, 0.15) is 31.0 Å². The normalized spacial score (nSPS) is 15.6. The van der Waals surface area contributed by atoms with Crippen molar-refractivity contribution in [2.24, 2.45) is 5.92 Å². The average Bonchev–Trinajstić information content (AvgIpc) is 2.99. The molecule has 2 atom stereocenters. The second-order valence-electron chi connectivity index (χ2n) is 10.2. The molecule has 0 unspecified atom stereocenters. The summed E-state index contributed by atoms with van der Waals surface area (Å²) in [4.78, 5) is 53.5. The van der Waals surface area contributed by atoms with Crippen LogP contribution in [0.2, 0.25) is 10.0 Å². The molecule has 1 fully saturated rings. The van der Waals surface area contributed by atoms with E-state index in [-0.39, 0.29) is 11.6 Å². The zero-order valence-corrected chi connectivity index (χ0v) is 25.3. The molecule has 0 aliphatic carbocycles. The number of carbonyl (C=O) groups excluding carboxylic acids is 4. The Kier molecular flexibility index (Phi) is 12.6. The van der Waals surface area contributed by atoms with Gasteiger partial charge in [0.2, 0.25) is 17.6 Å². The number of ketones is 1. The molecule has 1 aliphatic heterocycles. The predicted molar refractivity (Wildman–Crippen MR) is 160 cm³/mol. The largest absolute Gasteiger partial charge is 0.383 e. The van der Waals surface area contributed by atoms with Gasteiger partial charge < -0.3 is 20.7 Å². The first-order valence-electron chi connectivity index (χ1n) is 13.7. The first kappa shape index (κ1) is 34.1. The van der Waals surface area contributed by atoms with Crippen LogP contribution in [0.15, 0.2) is 54.6 Å². The lowest BCUT2D eigenvalue weighted by Crippen LogP contribution is -2.58. The molecule has 43 heavy (non-hydrogen) atoms. The van der Waals surface area contributed by atoms with Gasteiger partial charge in [-0.25, -0.2) is 0 Å². The second-order valence-corrected chi connectivity index (χ2v) is 11.1. The molecule has 232 valence electrons. The van der Waals surface area contributed by atoms with Crippen LogP contribution in [0.4, 0.5) is 8.78 Å². The minimum atomic E-state index is -4.40. The summed E-state index contributed by atoms with van der Waals surface area (Å²) in [5.41, 5.74) is 0.917. The Morgan fingerprint density at radius 2 is 1.67 bits per heavy atom. The van der Waals surface area contributed by atoms with Crippen LogP contribution in [0.5, 0.6) is 0 Å². The molecule has 0 aromatic heterocycles. The number of nitrogens with one attached hydrogen (secondary N) is 3. The van der Waals surface area contributed by atoms with E-state index >= 15 is 8.78 Å². The highest BCUT2D eigenvalue weighted by Crippen LogP contribution is 2.24. The van der Waals surface area contributed by atoms with Gasteiger partial charge in [0.15, 0.2) is 0 Å². The number of halogens is 4. The molecule has 1 saturated heterocycles. The predicted octanol–water partition coefficient (Wildman–Crippen LogP) is 3.66. The summed E-state index contributed by atoms with van der Waals surface area (Å²) in [7, 11) is 0. The van der Waals surface area contributed by atoms with Crippen molar-refractivity contribution >= 4 is 52.8 Å². The SMILES string of the molecule is CC(C)[C@H](NC(=O)[C@@H](NC(=O)/C=C/c1ccc(Cl)c(Cl)c1)c1ccccc1)C(=O)C(F)(F)C(=O)NCCN1CCOCC1. The van der Waals surface area contributed by atoms with E-state index in [2.05, 4.69) is 16.0 Å². The summed E-state index contributed by atoms with van der Waals surface area (Å²) in [5.74, 6) is -10.3. The van der Waals surface area contributed by atoms with Gasteiger partial charge in [-0.2, -0.15) is 8.78 Å². The Morgan fingerprint density at radius 1 is 1.00 bits per heavy atom. The van der Waals surface area contributed by atoms with Crippen LogP contribution in [-0.4, -0.2) is 79.8 Å². The third kappa shape index (κ3) is 9.82. The minimum absolute atomic E-state index is 0.0851. The van der Waals surface area contributed by atoms with E-state index in [1.54, 1.807) is 48.5 Å². The molecule has 0 saturated carbocycles. The van der Waals surface area contributed by atoms with Gasteiger partial charge in [0, 0.05) is 32.3 Å². The summed E-state index contributed by atoms with van der Waals surface area (Å²) < 4.78 is 35.3. The molecule has 3 rings (SSSR count). The number of benzene rings is 2. The lowest BCUT2D eigenvalue weighted by molar-refractivity contribution is -0.161. The molecular weight excluding hydrogens is 605 g/mol. The van der Waals surface area contributed by atoms with Gasteiger partial charge in [0.05, 0.1) is 29.3 Å². The van der Waals surface area contributed by atoms with E-state index in [0.717, 1.165) is 0 Å². The topological polar surface area (TPSA) is 117 Å². The van der Waals surface area contributed by atoms with Gasteiger partial charge in [0.25, 0.3) is 5.91 Å². The highest BCUT2D eigenvalue weighted by atomic mass is 35.5. The van der Waals surface area contributed by atoms with Crippen molar-refractivity contribution < 1.29 is 32.7 Å². The molecule has 3 N–H and O–H groups in total. The summed E-state index contributed by atoms with van der Waals surface area (Å²) in [6.45, 7) is 5.40. The fraction of sp³-hybridized carbons (Fsp3) is 0.400. The molecule has 1 aliphatic rings. The van der Waals surface area contributed by atoms with Gasteiger partial charge in [-0.15, -0.1) is 0 Å². The number of ether oxygens (including phenoxy) is 1. The number of hydrogen-bond acceptors (Lipinski definition) is 6. The third-order valence-corrected chi connectivity index (χ3v) is 7.45. The van der Waals surface area contributed by atoms with Gasteiger partial charge in [-0.1, -0.05) is 73.4 Å². The average molecular weight is 640 g/mol. The fourth-order valence-electron chi connectivity index (χ4n) is 4.27. The molecular formula is C30H34Cl2F2N4O5. The Hall–Kier alpha value is -3.38. The first-order chi connectivity index (χ1) is 20.4. The van der Waals surface area contributed by atoms with Crippen molar-refractivity contribution in [1.82, 2.24) is 20.9 Å². The Labute approximate surface area is 258 Å². The molecule has 2 aromatic carbocycles. The van der Waals surface area contributed by atoms with Crippen molar-refractivity contribution in [3.05, 3.63) is 75.8 Å². The van der Waals surface area contributed by atoms with Gasteiger partial charge >= 0.3 is 5.92 Å². The quantitative estimate of drug-likeness (QED) is 0.228. The van der Waals surface area contributed by atoms with E-state index < -0.39 is 47.4 Å². The molecule has 9 nitrogen and oxygen atoms in total. The molecule has 0 bridgehead atoms. The zero-order chi connectivity index (χ0) is 31.6. The third-order valence-electron chi connectivity index (χ3n) is 6.71. The minimum Gasteiger partial charge on any atom is -0.379 e. The summed E-state index contributed by atoms with van der Waals surface area (Å²) in [5, 5.41) is 7.63. The molecule has 3 amide bonds. The van der Waals surface area contributed by atoms with Crippen LogP contribution in [-0.2, 0) is 23.9 Å². The summed E-state index contributed by atoms with van der Waals surface area (Å²) >= 11 is 11.9. The Balaban J connectivity index is 1.71. The van der Waals surface area contributed by atoms with E-state index in [9.17, 15) is 19.2 Å². The van der Waals surface area contributed by atoms with E-state index in [0.29, 0.717) is 49.0 Å². The smallest absolute Gasteiger partial charge is 0.379 e. The van der Waals surface area contributed by atoms with Crippen LogP contribution < -0.4 is 16.0 Å². The van der Waals surface area contributed by atoms with Crippen LogP contribution in [0, 0.1) is 5.92 Å². The molecule has 1 heterocycles. The summed E-state index contributed by atoms with van der Waals surface area (Å²) in [6, 6.07) is 9.78. The maximum Gasteiger partial charge on any atom is 0.383 e. The lowest BCUT2D eigenvalue weighted by atomic mass is 9.94. The van der Waals surface area contributed by atoms with Crippen molar-refractivity contribution in [2.75, 3.05) is 39.4 Å². The number of amides is 3.